The van der Waals surface area contributed by atoms with E-state index in [4.69, 9.17) is 85.8 Å². The molecule has 2 aliphatic heterocycles. The molecule has 8 amide bonds. The largest absolute Gasteiger partial charge is 0.492 e. The number of hydrogen-bond donors (Lipinski definition) is 0. The molecule has 2 aliphatic rings. The van der Waals surface area contributed by atoms with E-state index < -0.39 is 104 Å². The molecule has 102 heavy (non-hydrogen) atoms. The van der Waals surface area contributed by atoms with Gasteiger partial charge < -0.3 is 75.8 Å². The summed E-state index contributed by atoms with van der Waals surface area (Å²) in [6.45, 7) is 18.1. The smallest absolute Gasteiger partial charge is 0.422 e. The van der Waals surface area contributed by atoms with E-state index >= 15 is 19.2 Å². The van der Waals surface area contributed by atoms with Crippen LogP contribution in [0.1, 0.15) is 104 Å². The van der Waals surface area contributed by atoms with Crippen LogP contribution >= 0.6 is 0 Å². The molecular weight excluding hydrogens is 1330 g/mol. The first-order valence-corrected chi connectivity index (χ1v) is 32.7. The second kappa shape index (κ2) is 35.8. The monoisotopic (exact) mass is 1420 g/mol. The van der Waals surface area contributed by atoms with Crippen LogP contribution in [-0.2, 0) is 66.4 Å². The lowest BCUT2D eigenvalue weighted by molar-refractivity contribution is -0.117. The minimum absolute atomic E-state index is 0.0299. The van der Waals surface area contributed by atoms with Gasteiger partial charge in [0.15, 0.2) is 23.0 Å². The summed E-state index contributed by atoms with van der Waals surface area (Å²) in [6.07, 6.45) is -5.11. The lowest BCUT2D eigenvalue weighted by Gasteiger charge is -2.33. The van der Waals surface area contributed by atoms with Crippen LogP contribution in [0.15, 0.2) is 94.9 Å². The van der Waals surface area contributed by atoms with Crippen LogP contribution in [-0.4, -0.2) is 191 Å². The van der Waals surface area contributed by atoms with Gasteiger partial charge in [0.2, 0.25) is 11.8 Å². The first-order valence-electron chi connectivity index (χ1n) is 32.7. The number of anilines is 4. The van der Waals surface area contributed by atoms with Crippen LogP contribution < -0.4 is 49.3 Å². The third-order valence-electron chi connectivity index (χ3n) is 14.6. The molecule has 0 bridgehead atoms. The summed E-state index contributed by atoms with van der Waals surface area (Å²) < 4.78 is 94.4. The fourth-order valence-electron chi connectivity index (χ4n) is 10.1. The molecule has 0 spiro atoms. The van der Waals surface area contributed by atoms with Gasteiger partial charge in [0.1, 0.15) is 78.7 Å². The summed E-state index contributed by atoms with van der Waals surface area (Å²) in [5, 5.41) is -1.05. The molecular formula is C72H90N6O24. The molecule has 0 radical (unpaired) electrons. The molecule has 0 saturated carbocycles. The quantitative estimate of drug-likeness (QED) is 0.0205. The van der Waals surface area contributed by atoms with Crippen LogP contribution in [0.4, 0.5) is 53.3 Å². The second-order valence-electron chi connectivity index (χ2n) is 25.3. The Morgan fingerprint density at radius 3 is 0.951 bits per heavy atom. The van der Waals surface area contributed by atoms with Crippen molar-refractivity contribution in [1.29, 1.82) is 0 Å². The molecule has 0 unspecified atom stereocenters. The highest BCUT2D eigenvalue weighted by atomic mass is 16.6. The Morgan fingerprint density at radius 1 is 0.402 bits per heavy atom. The number of fused-ring (bicyclic) bond motifs is 4. The van der Waals surface area contributed by atoms with Crippen molar-refractivity contribution in [2.75, 3.05) is 141 Å². The number of methoxy groups -OCH3 is 4. The predicted octanol–water partition coefficient (Wildman–Crippen LogP) is 10.9. The normalized spacial score (nSPS) is 12.2. The minimum Gasteiger partial charge on any atom is -0.492 e. The van der Waals surface area contributed by atoms with E-state index in [0.29, 0.717) is 9.80 Å². The number of carbonyl (C=O) groups is 8. The van der Waals surface area contributed by atoms with Crippen molar-refractivity contribution in [3.63, 3.8) is 0 Å². The van der Waals surface area contributed by atoms with Gasteiger partial charge in [-0.05, 0) is 93.5 Å². The molecule has 30 nitrogen and oxygen atoms in total. The SMILES string of the molecule is CCOc1cc2c(cc1N(C(=O)OC(C)(C)COCCOC)C(=O)c1ccccc1)Oc1c(N(C(C)=O)C(=O)OC(C)(C)COCCOC)c3c(c(N(C(C)=O)C(=O)OC(C)(C)COCCOC)c1=N2)Oc1cc(N(C(=O)OC(C)(C)COCCOC)C(=O)c2ccccc2)c(OCC)cc1N=3. The van der Waals surface area contributed by atoms with Gasteiger partial charge in [-0.1, -0.05) is 36.4 Å². The Hall–Kier alpha value is -9.66. The molecule has 552 valence electrons. The zero-order chi connectivity index (χ0) is 74.7. The number of amides is 8. The predicted molar refractivity (Wildman–Crippen MR) is 369 cm³/mol. The third-order valence-corrected chi connectivity index (χ3v) is 14.6. The summed E-state index contributed by atoms with van der Waals surface area (Å²) in [7, 11) is 5.95. The zero-order valence-corrected chi connectivity index (χ0v) is 60.5. The van der Waals surface area contributed by atoms with Crippen molar-refractivity contribution >= 4 is 82.1 Å². The summed E-state index contributed by atoms with van der Waals surface area (Å²) >= 11 is 0. The number of benzene rings is 5. The summed E-state index contributed by atoms with van der Waals surface area (Å²) in [4.78, 5) is 133. The van der Waals surface area contributed by atoms with E-state index in [1.807, 2.05) is 0 Å². The van der Waals surface area contributed by atoms with E-state index in [9.17, 15) is 19.2 Å². The van der Waals surface area contributed by atoms with Crippen LogP contribution in [0.25, 0.3) is 0 Å². The molecule has 0 N–H and O–H groups in total. The van der Waals surface area contributed by atoms with Crippen molar-refractivity contribution < 1.29 is 114 Å². The Kier molecular flexibility index (Phi) is 27.9. The van der Waals surface area contributed by atoms with E-state index in [1.165, 1.54) is 105 Å². The van der Waals surface area contributed by atoms with Gasteiger partial charge in [-0.3, -0.25) is 19.2 Å². The summed E-state index contributed by atoms with van der Waals surface area (Å²) in [5.41, 5.74) is -7.80. The van der Waals surface area contributed by atoms with Crippen LogP contribution in [0.5, 0.6) is 34.5 Å². The molecule has 5 aromatic carbocycles. The van der Waals surface area contributed by atoms with E-state index in [0.717, 1.165) is 23.6 Å². The van der Waals surface area contributed by atoms with Gasteiger partial charge in [-0.2, -0.15) is 0 Å². The molecule has 0 saturated heterocycles. The fraction of sp³-hybridized carbons (Fsp3) is 0.472. The summed E-state index contributed by atoms with van der Waals surface area (Å²) in [6, 6.07) is 20.6. The van der Waals surface area contributed by atoms with Crippen LogP contribution in [0.3, 0.4) is 0 Å². The van der Waals surface area contributed by atoms with E-state index in [2.05, 4.69) is 0 Å². The van der Waals surface area contributed by atoms with Gasteiger partial charge in [-0.15, -0.1) is 0 Å². The average Bonchev–Trinajstić information content (AvgIpc) is 0.712. The molecule has 0 atom stereocenters. The molecule has 30 heteroatoms. The minimum atomic E-state index is -1.51. The Balaban J connectivity index is 1.62. The maximum Gasteiger partial charge on any atom is 0.422 e. The lowest BCUT2D eigenvalue weighted by atomic mass is 10.1. The van der Waals surface area contributed by atoms with Crippen molar-refractivity contribution in [2.24, 2.45) is 9.98 Å². The van der Waals surface area contributed by atoms with Crippen LogP contribution in [0, 0.1) is 0 Å². The van der Waals surface area contributed by atoms with E-state index in [-0.39, 0.29) is 149 Å². The summed E-state index contributed by atoms with van der Waals surface area (Å²) in [5.74, 6) is -6.02. The van der Waals surface area contributed by atoms with Gasteiger partial charge in [0.25, 0.3) is 11.8 Å². The average molecular weight is 1420 g/mol. The molecule has 0 aliphatic carbocycles. The van der Waals surface area contributed by atoms with Crippen molar-refractivity contribution in [3.05, 3.63) is 107 Å². The Bertz CT molecular complexity index is 3710. The molecule has 7 rings (SSSR count). The lowest BCUT2D eigenvalue weighted by Crippen LogP contribution is -2.48. The first kappa shape index (κ1) is 79.7. The number of ether oxygens (including phenoxy) is 16. The molecule has 0 aromatic heterocycles. The highest BCUT2D eigenvalue weighted by molar-refractivity contribution is 6.22. The topological polar surface area (TPSA) is 322 Å². The van der Waals surface area contributed by atoms with Crippen LogP contribution in [0.2, 0.25) is 0 Å². The highest BCUT2D eigenvalue weighted by Crippen LogP contribution is 2.51. The Labute approximate surface area is 591 Å². The van der Waals surface area contributed by atoms with Gasteiger partial charge in [-0.25, -0.2) is 48.8 Å². The molecule has 0 fully saturated rings. The number of imide groups is 4. The first-order chi connectivity index (χ1) is 48.5. The van der Waals surface area contributed by atoms with Crippen molar-refractivity contribution in [1.82, 2.24) is 0 Å². The number of carbonyl (C=O) groups excluding carboxylic acids is 8. The molecule has 2 heterocycles. The van der Waals surface area contributed by atoms with Gasteiger partial charge >= 0.3 is 24.4 Å². The van der Waals surface area contributed by atoms with E-state index in [1.54, 1.807) is 77.9 Å². The standard InChI is InChI=1S/C72H90N6O24/c1-17-95-55-37-49-53(39-51(55)77(63(81)47-25-21-19-22-26-47)67(85)101-71(9,10)43-93-35-31-89-15)97-61-57(73-49)59(75(45(3)79)65(83)99-69(5,6)41-91-33-29-87-13)62-58(60(61)76(46(4)80)66(84)100-70(7,8)42-92-34-30-88-14)74-50-38-56(96-18-2)52(40-54(50)98-62)78(64(82)48-27-23-20-24-28-48)68(86)102-72(11,12)44-94-36-32-90-16/h19-28,37-40H,17-18,29-36,41-44H2,1-16H3. The van der Waals surface area contributed by atoms with Crippen molar-refractivity contribution in [3.8, 4) is 34.5 Å². The fourth-order valence-corrected chi connectivity index (χ4v) is 10.1. The Morgan fingerprint density at radius 2 is 0.686 bits per heavy atom. The maximum absolute atomic E-state index is 15.4. The second-order valence-corrected chi connectivity index (χ2v) is 25.3. The maximum atomic E-state index is 15.4. The third kappa shape index (κ3) is 20.3. The van der Waals surface area contributed by atoms with Gasteiger partial charge in [0, 0.05) is 77.7 Å². The van der Waals surface area contributed by atoms with Gasteiger partial charge in [0.05, 0.1) is 92.5 Å². The number of hydrogen-bond acceptors (Lipinski definition) is 26. The molecule has 5 aromatic rings. The number of rotatable bonds is 34. The number of nitrogens with zero attached hydrogens (tertiary/aromatic N) is 6. The highest BCUT2D eigenvalue weighted by Gasteiger charge is 2.44. The zero-order valence-electron chi connectivity index (χ0n) is 60.5. The van der Waals surface area contributed by atoms with Crippen molar-refractivity contribution in [2.45, 2.75) is 105 Å².